The van der Waals surface area contributed by atoms with E-state index >= 15 is 0 Å². The molecule has 0 aromatic heterocycles. The van der Waals surface area contributed by atoms with Gasteiger partial charge in [0.2, 0.25) is 0 Å². The van der Waals surface area contributed by atoms with Crippen LogP contribution in [0, 0.1) is 27.9 Å². The molecule has 1 saturated carbocycles. The molecule has 0 bridgehead atoms. The third kappa shape index (κ3) is 5.26. The number of benzene rings is 2. The van der Waals surface area contributed by atoms with E-state index in [4.69, 9.17) is 9.05 Å². The summed E-state index contributed by atoms with van der Waals surface area (Å²) in [5.41, 5.74) is -0.117. The second kappa shape index (κ2) is 9.10. The van der Waals surface area contributed by atoms with Crippen LogP contribution < -0.4 is 9.83 Å². The smallest absolute Gasteiger partial charge is 0.411 e. The number of nitrogens with zero attached hydrogens (tertiary/aromatic N) is 1. The SMILES string of the molecule is CC(C)[C@@H]1CC[C@@H](C)C[C@H]1O[P@@](=O)(Oc1cccc([N+](=O)[O-])c1)c1ccccc1. The summed E-state index contributed by atoms with van der Waals surface area (Å²) in [5.74, 6) is 1.33. The van der Waals surface area contributed by atoms with Gasteiger partial charge in [0.1, 0.15) is 5.75 Å². The van der Waals surface area contributed by atoms with Gasteiger partial charge in [-0.3, -0.25) is 14.6 Å². The molecule has 0 N–H and O–H groups in total. The van der Waals surface area contributed by atoms with Crippen LogP contribution >= 0.6 is 7.60 Å². The predicted octanol–water partition coefficient (Wildman–Crippen LogP) is 5.97. The van der Waals surface area contributed by atoms with E-state index in [-0.39, 0.29) is 23.5 Å². The summed E-state index contributed by atoms with van der Waals surface area (Å²) in [4.78, 5) is 10.6. The minimum atomic E-state index is -3.74. The van der Waals surface area contributed by atoms with Crippen molar-refractivity contribution in [1.29, 1.82) is 0 Å². The van der Waals surface area contributed by atoms with Crippen LogP contribution in [0.4, 0.5) is 5.69 Å². The number of nitro groups is 1. The first kappa shape index (κ1) is 21.5. The van der Waals surface area contributed by atoms with Gasteiger partial charge in [-0.25, -0.2) is 4.57 Å². The van der Waals surface area contributed by atoms with Crippen molar-refractivity contribution < 1.29 is 18.5 Å². The minimum absolute atomic E-state index is 0.117. The van der Waals surface area contributed by atoms with Crippen LogP contribution in [0.5, 0.6) is 5.75 Å². The summed E-state index contributed by atoms with van der Waals surface area (Å²) in [6.45, 7) is 6.50. The van der Waals surface area contributed by atoms with Crippen LogP contribution in [0.25, 0.3) is 0 Å². The van der Waals surface area contributed by atoms with Gasteiger partial charge in [0.15, 0.2) is 0 Å². The lowest BCUT2D eigenvalue weighted by molar-refractivity contribution is -0.384. The molecular formula is C22H28NO5P. The highest BCUT2D eigenvalue weighted by Crippen LogP contribution is 2.52. The van der Waals surface area contributed by atoms with E-state index in [9.17, 15) is 14.7 Å². The van der Waals surface area contributed by atoms with Gasteiger partial charge in [-0.2, -0.15) is 0 Å². The number of rotatable bonds is 7. The average Bonchev–Trinajstić information content (AvgIpc) is 2.68. The van der Waals surface area contributed by atoms with Crippen molar-refractivity contribution in [3.63, 3.8) is 0 Å². The van der Waals surface area contributed by atoms with Gasteiger partial charge < -0.3 is 4.52 Å². The molecule has 1 aliphatic rings. The fraction of sp³-hybridized carbons (Fsp3) is 0.455. The van der Waals surface area contributed by atoms with Gasteiger partial charge in [-0.1, -0.05) is 51.5 Å². The molecule has 3 rings (SSSR count). The van der Waals surface area contributed by atoms with E-state index in [2.05, 4.69) is 20.8 Å². The molecule has 7 heteroatoms. The lowest BCUT2D eigenvalue weighted by Gasteiger charge is -2.38. The summed E-state index contributed by atoms with van der Waals surface area (Å²) in [6.07, 6.45) is 2.78. The monoisotopic (exact) mass is 417 g/mol. The van der Waals surface area contributed by atoms with Crippen LogP contribution in [-0.2, 0) is 9.09 Å². The van der Waals surface area contributed by atoms with Gasteiger partial charge in [0, 0.05) is 6.07 Å². The van der Waals surface area contributed by atoms with E-state index in [1.165, 1.54) is 18.2 Å². The molecule has 1 fully saturated rings. The Balaban J connectivity index is 1.95. The van der Waals surface area contributed by atoms with Crippen LogP contribution in [-0.4, -0.2) is 11.0 Å². The largest absolute Gasteiger partial charge is 0.421 e. The predicted molar refractivity (Wildman–Crippen MR) is 114 cm³/mol. The highest BCUT2D eigenvalue weighted by molar-refractivity contribution is 7.62. The molecule has 1 aliphatic carbocycles. The lowest BCUT2D eigenvalue weighted by Crippen LogP contribution is -2.35. The molecule has 0 radical (unpaired) electrons. The summed E-state index contributed by atoms with van der Waals surface area (Å²) in [5, 5.41) is 11.6. The van der Waals surface area contributed by atoms with E-state index in [0.717, 1.165) is 19.3 Å². The standard InChI is InChI=1S/C22H28NO5P/c1-16(2)21-13-12-17(3)14-22(21)28-29(26,20-10-5-4-6-11-20)27-19-9-7-8-18(15-19)23(24)25/h4-11,15-17,21-22H,12-14H2,1-3H3/t17-,21+,22-,29+/m1/s1. The van der Waals surface area contributed by atoms with Crippen molar-refractivity contribution in [1.82, 2.24) is 0 Å². The molecule has 29 heavy (non-hydrogen) atoms. The maximum atomic E-state index is 14.0. The maximum Gasteiger partial charge on any atom is 0.411 e. The van der Waals surface area contributed by atoms with E-state index in [1.54, 1.807) is 30.3 Å². The Hall–Kier alpha value is -2.17. The van der Waals surface area contributed by atoms with E-state index in [1.807, 2.05) is 6.07 Å². The Morgan fingerprint density at radius 1 is 1.10 bits per heavy atom. The third-order valence-corrected chi connectivity index (χ3v) is 7.49. The van der Waals surface area contributed by atoms with Crippen molar-refractivity contribution in [2.24, 2.45) is 17.8 Å². The number of hydrogen-bond donors (Lipinski definition) is 0. The number of non-ortho nitro benzene ring substituents is 1. The van der Waals surface area contributed by atoms with Gasteiger partial charge in [-0.05, 0) is 48.8 Å². The molecule has 4 atom stereocenters. The Morgan fingerprint density at radius 2 is 1.83 bits per heavy atom. The lowest BCUT2D eigenvalue weighted by atomic mass is 9.75. The molecule has 0 spiro atoms. The topological polar surface area (TPSA) is 78.7 Å². The van der Waals surface area contributed by atoms with E-state index < -0.39 is 12.5 Å². The quantitative estimate of drug-likeness (QED) is 0.315. The average molecular weight is 417 g/mol. The Morgan fingerprint density at radius 3 is 2.48 bits per heavy atom. The van der Waals surface area contributed by atoms with Gasteiger partial charge in [0.25, 0.3) is 5.69 Å². The zero-order valence-electron chi connectivity index (χ0n) is 17.1. The van der Waals surface area contributed by atoms with Crippen LogP contribution in [0.1, 0.15) is 40.0 Å². The third-order valence-electron chi connectivity index (χ3n) is 5.56. The fourth-order valence-corrected chi connectivity index (χ4v) is 5.75. The van der Waals surface area contributed by atoms with Crippen molar-refractivity contribution in [3.05, 3.63) is 64.7 Å². The van der Waals surface area contributed by atoms with Crippen molar-refractivity contribution in [2.45, 2.75) is 46.1 Å². The Bertz CT molecular complexity index is 886. The molecule has 6 nitrogen and oxygen atoms in total. The number of nitro benzene ring substituents is 1. The summed E-state index contributed by atoms with van der Waals surface area (Å²) in [7, 11) is -3.74. The zero-order valence-corrected chi connectivity index (χ0v) is 18.0. The molecular weight excluding hydrogens is 389 g/mol. The summed E-state index contributed by atoms with van der Waals surface area (Å²) >= 11 is 0. The zero-order chi connectivity index (χ0) is 21.0. The second-order valence-corrected chi connectivity index (χ2v) is 10.1. The molecule has 0 amide bonds. The Kier molecular flexibility index (Phi) is 6.76. The summed E-state index contributed by atoms with van der Waals surface area (Å²) < 4.78 is 26.1. The van der Waals surface area contributed by atoms with Gasteiger partial charge >= 0.3 is 7.60 Å². The second-order valence-electron chi connectivity index (χ2n) is 8.15. The normalized spacial score (nSPS) is 24.1. The minimum Gasteiger partial charge on any atom is -0.421 e. The highest BCUT2D eigenvalue weighted by Gasteiger charge is 2.39. The van der Waals surface area contributed by atoms with Gasteiger partial charge in [0.05, 0.1) is 22.4 Å². The molecule has 156 valence electrons. The van der Waals surface area contributed by atoms with Crippen molar-refractivity contribution >= 4 is 18.6 Å². The molecule has 0 saturated heterocycles. The molecule has 2 aromatic carbocycles. The fourth-order valence-electron chi connectivity index (χ4n) is 3.95. The molecule has 0 heterocycles. The molecule has 0 aliphatic heterocycles. The first-order valence-electron chi connectivity index (χ1n) is 10.1. The van der Waals surface area contributed by atoms with E-state index in [0.29, 0.717) is 17.1 Å². The molecule has 2 aromatic rings. The maximum absolute atomic E-state index is 14.0. The van der Waals surface area contributed by atoms with Crippen molar-refractivity contribution in [2.75, 3.05) is 0 Å². The highest BCUT2D eigenvalue weighted by atomic mass is 31.2. The molecule has 0 unspecified atom stereocenters. The van der Waals surface area contributed by atoms with Crippen LogP contribution in [0.15, 0.2) is 54.6 Å². The first-order valence-corrected chi connectivity index (χ1v) is 11.6. The first-order chi connectivity index (χ1) is 13.8. The number of hydrogen-bond acceptors (Lipinski definition) is 5. The van der Waals surface area contributed by atoms with Crippen LogP contribution in [0.2, 0.25) is 0 Å². The van der Waals surface area contributed by atoms with Gasteiger partial charge in [-0.15, -0.1) is 0 Å². The Labute approximate surface area is 171 Å². The van der Waals surface area contributed by atoms with Crippen molar-refractivity contribution in [3.8, 4) is 5.75 Å². The summed E-state index contributed by atoms with van der Waals surface area (Å²) in [6, 6.07) is 14.6. The van der Waals surface area contributed by atoms with Crippen LogP contribution in [0.3, 0.4) is 0 Å².